The van der Waals surface area contributed by atoms with Gasteiger partial charge < -0.3 is 10.1 Å². The summed E-state index contributed by atoms with van der Waals surface area (Å²) in [5.41, 5.74) is 1.51. The predicted molar refractivity (Wildman–Crippen MR) is 76.2 cm³/mol. The van der Waals surface area contributed by atoms with Crippen molar-refractivity contribution in [3.05, 3.63) is 34.9 Å². The molecular weight excluding hydrogens is 246 g/mol. The van der Waals surface area contributed by atoms with Gasteiger partial charge in [-0.1, -0.05) is 37.6 Å². The normalized spacial score (nSPS) is 19.6. The highest BCUT2D eigenvalue weighted by Crippen LogP contribution is 2.42. The molecule has 1 heterocycles. The van der Waals surface area contributed by atoms with Gasteiger partial charge in [0.05, 0.1) is 13.2 Å². The average Bonchev–Trinajstić information content (AvgIpc) is 2.28. The molecule has 100 valence electrons. The molecule has 1 fully saturated rings. The first-order chi connectivity index (χ1) is 8.60. The number of hydrogen-bond acceptors (Lipinski definition) is 2. The molecule has 1 aromatic rings. The summed E-state index contributed by atoms with van der Waals surface area (Å²) in [6.07, 6.45) is 0. The lowest BCUT2D eigenvalue weighted by Gasteiger charge is -2.49. The molecule has 1 aliphatic rings. The van der Waals surface area contributed by atoms with Crippen molar-refractivity contribution >= 4 is 11.6 Å². The Morgan fingerprint density at radius 1 is 1.28 bits per heavy atom. The number of ether oxygens (including phenoxy) is 1. The van der Waals surface area contributed by atoms with E-state index in [4.69, 9.17) is 16.3 Å². The lowest BCUT2D eigenvalue weighted by Crippen LogP contribution is -2.56. The second kappa shape index (κ2) is 5.60. The van der Waals surface area contributed by atoms with Crippen LogP contribution in [0.3, 0.4) is 0 Å². The van der Waals surface area contributed by atoms with E-state index in [1.807, 2.05) is 19.2 Å². The van der Waals surface area contributed by atoms with Crippen LogP contribution in [-0.4, -0.2) is 26.8 Å². The number of rotatable bonds is 5. The zero-order chi connectivity index (χ0) is 13.2. The van der Waals surface area contributed by atoms with E-state index in [0.717, 1.165) is 24.8 Å². The molecule has 0 amide bonds. The van der Waals surface area contributed by atoms with Crippen LogP contribution in [0.2, 0.25) is 5.02 Å². The highest BCUT2D eigenvalue weighted by molar-refractivity contribution is 6.30. The van der Waals surface area contributed by atoms with Gasteiger partial charge in [0, 0.05) is 10.4 Å². The third kappa shape index (κ3) is 2.42. The Balaban J connectivity index is 2.31. The van der Waals surface area contributed by atoms with Crippen molar-refractivity contribution in [2.24, 2.45) is 11.8 Å². The molecule has 1 unspecified atom stereocenters. The van der Waals surface area contributed by atoms with Gasteiger partial charge in [0.15, 0.2) is 0 Å². The maximum atomic E-state index is 5.98. The molecule has 2 nitrogen and oxygen atoms in total. The molecule has 1 aromatic carbocycles. The van der Waals surface area contributed by atoms with Gasteiger partial charge >= 0.3 is 0 Å². The van der Waals surface area contributed by atoms with Crippen molar-refractivity contribution in [2.45, 2.75) is 19.3 Å². The van der Waals surface area contributed by atoms with Gasteiger partial charge in [-0.15, -0.1) is 0 Å². The summed E-state index contributed by atoms with van der Waals surface area (Å²) in [7, 11) is 2.02. The van der Waals surface area contributed by atoms with Crippen molar-refractivity contribution in [2.75, 3.05) is 26.8 Å². The maximum absolute atomic E-state index is 5.98. The summed E-state index contributed by atoms with van der Waals surface area (Å²) >= 11 is 5.98. The van der Waals surface area contributed by atoms with Crippen molar-refractivity contribution < 1.29 is 4.74 Å². The fourth-order valence-corrected chi connectivity index (χ4v) is 3.11. The van der Waals surface area contributed by atoms with E-state index < -0.39 is 0 Å². The Bertz CT molecular complexity index is 384. The minimum Gasteiger partial charge on any atom is -0.379 e. The van der Waals surface area contributed by atoms with Crippen LogP contribution in [0.5, 0.6) is 0 Å². The molecule has 0 aliphatic carbocycles. The summed E-state index contributed by atoms with van der Waals surface area (Å²) < 4.78 is 5.54. The van der Waals surface area contributed by atoms with Crippen molar-refractivity contribution in [3.63, 3.8) is 0 Å². The fourth-order valence-electron chi connectivity index (χ4n) is 2.99. The van der Waals surface area contributed by atoms with Crippen LogP contribution in [0, 0.1) is 11.8 Å². The van der Waals surface area contributed by atoms with Crippen LogP contribution >= 0.6 is 11.6 Å². The minimum atomic E-state index is 0.155. The Morgan fingerprint density at radius 3 is 2.28 bits per heavy atom. The van der Waals surface area contributed by atoms with E-state index >= 15 is 0 Å². The van der Waals surface area contributed by atoms with E-state index in [1.54, 1.807) is 0 Å². The van der Waals surface area contributed by atoms with Gasteiger partial charge in [-0.2, -0.15) is 0 Å². The zero-order valence-corrected chi connectivity index (χ0v) is 12.1. The summed E-state index contributed by atoms with van der Waals surface area (Å²) in [5, 5.41) is 4.12. The van der Waals surface area contributed by atoms with Gasteiger partial charge in [0.25, 0.3) is 0 Å². The van der Waals surface area contributed by atoms with E-state index in [2.05, 4.69) is 31.3 Å². The monoisotopic (exact) mass is 267 g/mol. The second-order valence-corrected chi connectivity index (χ2v) is 6.00. The van der Waals surface area contributed by atoms with Crippen LogP contribution in [0.1, 0.15) is 19.4 Å². The number of nitrogens with one attached hydrogen (secondary N) is 1. The first-order valence-corrected chi connectivity index (χ1v) is 6.96. The van der Waals surface area contributed by atoms with Gasteiger partial charge in [0.2, 0.25) is 0 Å². The SMILES string of the molecule is CNCC(C(C)C)C1(c2ccc(Cl)cc2)COC1. The molecule has 0 aromatic heterocycles. The molecule has 1 saturated heterocycles. The predicted octanol–water partition coefficient (Wildman–Crippen LogP) is 3.10. The van der Waals surface area contributed by atoms with E-state index in [1.165, 1.54) is 5.56 Å². The van der Waals surface area contributed by atoms with E-state index in [-0.39, 0.29) is 5.41 Å². The maximum Gasteiger partial charge on any atom is 0.0588 e. The molecule has 0 radical (unpaired) electrons. The highest BCUT2D eigenvalue weighted by atomic mass is 35.5. The van der Waals surface area contributed by atoms with Crippen LogP contribution < -0.4 is 5.32 Å². The quantitative estimate of drug-likeness (QED) is 0.885. The van der Waals surface area contributed by atoms with Crippen molar-refractivity contribution in [1.29, 1.82) is 0 Å². The Kier molecular flexibility index (Phi) is 4.31. The minimum absolute atomic E-state index is 0.155. The van der Waals surface area contributed by atoms with Crippen molar-refractivity contribution in [1.82, 2.24) is 5.32 Å². The summed E-state index contributed by atoms with van der Waals surface area (Å²) in [5.74, 6) is 1.20. The summed E-state index contributed by atoms with van der Waals surface area (Å²) in [6.45, 7) is 7.23. The van der Waals surface area contributed by atoms with E-state index in [9.17, 15) is 0 Å². The largest absolute Gasteiger partial charge is 0.379 e. The van der Waals surface area contributed by atoms with Crippen LogP contribution in [0.25, 0.3) is 0 Å². The molecular formula is C15H22ClNO. The molecule has 1 N–H and O–H groups in total. The smallest absolute Gasteiger partial charge is 0.0588 e. The molecule has 1 atom stereocenters. The molecule has 0 saturated carbocycles. The van der Waals surface area contributed by atoms with Gasteiger partial charge in [-0.3, -0.25) is 0 Å². The number of hydrogen-bond donors (Lipinski definition) is 1. The Hall–Kier alpha value is -0.570. The van der Waals surface area contributed by atoms with Gasteiger partial charge in [-0.05, 0) is 43.1 Å². The Labute approximate surface area is 115 Å². The van der Waals surface area contributed by atoms with E-state index in [0.29, 0.717) is 11.8 Å². The summed E-state index contributed by atoms with van der Waals surface area (Å²) in [6, 6.07) is 8.26. The van der Waals surface area contributed by atoms with Crippen LogP contribution in [-0.2, 0) is 10.2 Å². The second-order valence-electron chi connectivity index (χ2n) is 5.56. The lowest BCUT2D eigenvalue weighted by molar-refractivity contribution is -0.0995. The molecule has 3 heteroatoms. The van der Waals surface area contributed by atoms with Gasteiger partial charge in [0.1, 0.15) is 0 Å². The first-order valence-electron chi connectivity index (χ1n) is 6.58. The average molecular weight is 268 g/mol. The Morgan fingerprint density at radius 2 is 1.89 bits per heavy atom. The van der Waals surface area contributed by atoms with Crippen LogP contribution in [0.4, 0.5) is 0 Å². The molecule has 0 bridgehead atoms. The van der Waals surface area contributed by atoms with Crippen LogP contribution in [0.15, 0.2) is 24.3 Å². The molecule has 18 heavy (non-hydrogen) atoms. The molecule has 1 aliphatic heterocycles. The van der Waals surface area contributed by atoms with Crippen molar-refractivity contribution in [3.8, 4) is 0 Å². The third-order valence-electron chi connectivity index (χ3n) is 4.08. The molecule has 0 spiro atoms. The topological polar surface area (TPSA) is 21.3 Å². The molecule has 2 rings (SSSR count). The lowest BCUT2D eigenvalue weighted by atomic mass is 9.64. The summed E-state index contributed by atoms with van der Waals surface area (Å²) in [4.78, 5) is 0. The fraction of sp³-hybridized carbons (Fsp3) is 0.600. The standard InChI is InChI=1S/C15H22ClNO/c1-11(2)14(8-17-3)15(9-18-10-15)12-4-6-13(16)7-5-12/h4-7,11,14,17H,8-10H2,1-3H3. The highest BCUT2D eigenvalue weighted by Gasteiger charge is 2.47. The third-order valence-corrected chi connectivity index (χ3v) is 4.33. The number of halogens is 1. The first kappa shape index (κ1) is 13.9. The number of benzene rings is 1. The zero-order valence-electron chi connectivity index (χ0n) is 11.4. The van der Waals surface area contributed by atoms with Gasteiger partial charge in [-0.25, -0.2) is 0 Å².